The molecule has 0 saturated carbocycles. The van der Waals surface area contributed by atoms with Gasteiger partial charge in [0.1, 0.15) is 5.69 Å². The van der Waals surface area contributed by atoms with Gasteiger partial charge in [-0.15, -0.1) is 0 Å². The van der Waals surface area contributed by atoms with E-state index in [2.05, 4.69) is 25.8 Å². The molecule has 21 heavy (non-hydrogen) atoms. The normalized spacial score (nSPS) is 15.3. The van der Waals surface area contributed by atoms with Crippen LogP contribution in [0.25, 0.3) is 0 Å². The molecule has 0 aliphatic carbocycles. The molecule has 5 nitrogen and oxygen atoms in total. The molecule has 0 unspecified atom stereocenters. The summed E-state index contributed by atoms with van der Waals surface area (Å²) < 4.78 is 2.80. The summed E-state index contributed by atoms with van der Waals surface area (Å²) in [6.07, 6.45) is 5.50. The molecule has 2 aromatic heterocycles. The number of aryl methyl sites for hydroxylation is 1. The number of amides is 1. The summed E-state index contributed by atoms with van der Waals surface area (Å²) in [5.74, 6) is 0.0950. The molecule has 0 spiro atoms. The fourth-order valence-electron chi connectivity index (χ4n) is 2.62. The van der Waals surface area contributed by atoms with E-state index < -0.39 is 0 Å². The van der Waals surface area contributed by atoms with Crippen LogP contribution in [0.5, 0.6) is 0 Å². The van der Waals surface area contributed by atoms with E-state index in [0.29, 0.717) is 0 Å². The van der Waals surface area contributed by atoms with Gasteiger partial charge < -0.3 is 14.4 Å². The largest absolute Gasteiger partial charge is 0.368 e. The van der Waals surface area contributed by atoms with Crippen molar-refractivity contribution in [1.82, 2.24) is 14.5 Å². The first-order chi connectivity index (χ1) is 10.1. The van der Waals surface area contributed by atoms with Gasteiger partial charge in [-0.05, 0) is 34.1 Å². The lowest BCUT2D eigenvalue weighted by molar-refractivity contribution is 0.0737. The molecule has 1 amide bonds. The Balaban J connectivity index is 1.66. The molecule has 110 valence electrons. The quantitative estimate of drug-likeness (QED) is 0.834. The Morgan fingerprint density at radius 3 is 2.43 bits per heavy atom. The van der Waals surface area contributed by atoms with Gasteiger partial charge in [-0.2, -0.15) is 0 Å². The second-order valence-corrected chi connectivity index (χ2v) is 6.05. The Morgan fingerprint density at radius 2 is 1.86 bits per heavy atom. The van der Waals surface area contributed by atoms with E-state index in [1.165, 1.54) is 5.69 Å². The molecule has 1 aliphatic rings. The summed E-state index contributed by atoms with van der Waals surface area (Å²) in [5.41, 5.74) is 1.89. The highest BCUT2D eigenvalue weighted by Crippen LogP contribution is 2.18. The maximum Gasteiger partial charge on any atom is 0.270 e. The monoisotopic (exact) mass is 348 g/mol. The van der Waals surface area contributed by atoms with Crippen LogP contribution in [0.1, 0.15) is 10.5 Å². The lowest BCUT2D eigenvalue weighted by atomic mass is 10.2. The number of aromatic nitrogens is 2. The molecule has 0 atom stereocenters. The minimum absolute atomic E-state index is 0.0950. The number of piperazine rings is 1. The fraction of sp³-hybridized carbons (Fsp3) is 0.333. The van der Waals surface area contributed by atoms with E-state index in [4.69, 9.17) is 0 Å². The van der Waals surface area contributed by atoms with Gasteiger partial charge in [0.2, 0.25) is 0 Å². The highest BCUT2D eigenvalue weighted by Gasteiger charge is 2.24. The standard InChI is InChI=1S/C15H17BrN4O/c1-18-11-12(16)10-14(18)15(21)20-8-6-19(7-9-20)13-2-4-17-5-3-13/h2-5,10-11H,6-9H2,1H3. The third-order valence-corrected chi connectivity index (χ3v) is 4.22. The second-order valence-electron chi connectivity index (χ2n) is 5.14. The maximum absolute atomic E-state index is 12.5. The van der Waals surface area contributed by atoms with Crippen LogP contribution >= 0.6 is 15.9 Å². The van der Waals surface area contributed by atoms with Crippen LogP contribution in [0, 0.1) is 0 Å². The molecule has 1 fully saturated rings. The molecule has 3 heterocycles. The van der Waals surface area contributed by atoms with E-state index in [9.17, 15) is 4.79 Å². The van der Waals surface area contributed by atoms with Crippen LogP contribution in [0.3, 0.4) is 0 Å². The van der Waals surface area contributed by atoms with Crippen molar-refractivity contribution in [2.75, 3.05) is 31.1 Å². The van der Waals surface area contributed by atoms with E-state index in [-0.39, 0.29) is 5.91 Å². The average molecular weight is 349 g/mol. The zero-order chi connectivity index (χ0) is 14.8. The molecule has 6 heteroatoms. The smallest absolute Gasteiger partial charge is 0.270 e. The number of carbonyl (C=O) groups is 1. The third-order valence-electron chi connectivity index (χ3n) is 3.79. The molecular weight excluding hydrogens is 332 g/mol. The van der Waals surface area contributed by atoms with Crippen LogP contribution in [-0.4, -0.2) is 46.5 Å². The number of halogens is 1. The summed E-state index contributed by atoms with van der Waals surface area (Å²) in [6, 6.07) is 5.88. The summed E-state index contributed by atoms with van der Waals surface area (Å²) in [6.45, 7) is 3.18. The minimum Gasteiger partial charge on any atom is -0.368 e. The van der Waals surface area contributed by atoms with Gasteiger partial charge in [-0.25, -0.2) is 0 Å². The number of anilines is 1. The van der Waals surface area contributed by atoms with Crippen LogP contribution in [0.4, 0.5) is 5.69 Å². The van der Waals surface area contributed by atoms with E-state index >= 15 is 0 Å². The van der Waals surface area contributed by atoms with Crippen molar-refractivity contribution < 1.29 is 4.79 Å². The van der Waals surface area contributed by atoms with Gasteiger partial charge in [-0.3, -0.25) is 9.78 Å². The molecule has 0 radical (unpaired) electrons. The van der Waals surface area contributed by atoms with Crippen LogP contribution < -0.4 is 4.90 Å². The summed E-state index contributed by atoms with van der Waals surface area (Å²) in [5, 5.41) is 0. The predicted octanol–water partition coefficient (Wildman–Crippen LogP) is 2.15. The first-order valence-electron chi connectivity index (χ1n) is 6.91. The number of pyridine rings is 1. The Bertz CT molecular complexity index is 632. The molecule has 0 aromatic carbocycles. The average Bonchev–Trinajstić information content (AvgIpc) is 2.86. The number of rotatable bonds is 2. The van der Waals surface area contributed by atoms with E-state index in [0.717, 1.165) is 36.3 Å². The molecule has 1 saturated heterocycles. The molecular formula is C15H17BrN4O. The van der Waals surface area contributed by atoms with Gasteiger partial charge in [0.15, 0.2) is 0 Å². The first kappa shape index (κ1) is 14.1. The Morgan fingerprint density at radius 1 is 1.19 bits per heavy atom. The highest BCUT2D eigenvalue weighted by molar-refractivity contribution is 9.10. The zero-order valence-electron chi connectivity index (χ0n) is 11.9. The van der Waals surface area contributed by atoms with Gasteiger partial charge in [0, 0.05) is 62.0 Å². The predicted molar refractivity (Wildman–Crippen MR) is 85.5 cm³/mol. The van der Waals surface area contributed by atoms with Gasteiger partial charge in [-0.1, -0.05) is 0 Å². The number of hydrogen-bond acceptors (Lipinski definition) is 3. The Labute approximate surface area is 132 Å². The van der Waals surface area contributed by atoms with Crippen molar-refractivity contribution in [2.45, 2.75) is 0 Å². The van der Waals surface area contributed by atoms with Crippen LogP contribution in [0.2, 0.25) is 0 Å². The molecule has 0 N–H and O–H groups in total. The molecule has 0 bridgehead atoms. The van der Waals surface area contributed by atoms with Gasteiger partial charge >= 0.3 is 0 Å². The number of carbonyl (C=O) groups excluding carboxylic acids is 1. The topological polar surface area (TPSA) is 41.4 Å². The van der Waals surface area contributed by atoms with Crippen molar-refractivity contribution in [3.05, 3.63) is 47.0 Å². The summed E-state index contributed by atoms with van der Waals surface area (Å²) in [4.78, 5) is 20.8. The van der Waals surface area contributed by atoms with Crippen molar-refractivity contribution in [3.63, 3.8) is 0 Å². The fourth-order valence-corrected chi connectivity index (χ4v) is 3.15. The Kier molecular flexibility index (Phi) is 3.96. The summed E-state index contributed by atoms with van der Waals surface area (Å²) in [7, 11) is 1.89. The lowest BCUT2D eigenvalue weighted by Gasteiger charge is -2.36. The van der Waals surface area contributed by atoms with E-state index in [1.807, 2.05) is 40.9 Å². The molecule has 1 aliphatic heterocycles. The molecule has 3 rings (SSSR count). The van der Waals surface area contributed by atoms with Gasteiger partial charge in [0.05, 0.1) is 0 Å². The number of hydrogen-bond donors (Lipinski definition) is 0. The van der Waals surface area contributed by atoms with Gasteiger partial charge in [0.25, 0.3) is 5.91 Å². The number of nitrogens with zero attached hydrogens (tertiary/aromatic N) is 4. The van der Waals surface area contributed by atoms with Crippen LogP contribution in [-0.2, 0) is 7.05 Å². The van der Waals surface area contributed by atoms with Crippen LogP contribution in [0.15, 0.2) is 41.3 Å². The van der Waals surface area contributed by atoms with Crippen molar-refractivity contribution in [3.8, 4) is 0 Å². The Hall–Kier alpha value is -1.82. The third kappa shape index (κ3) is 2.95. The SMILES string of the molecule is Cn1cc(Br)cc1C(=O)N1CCN(c2ccncc2)CC1. The molecule has 2 aromatic rings. The second kappa shape index (κ2) is 5.89. The lowest BCUT2D eigenvalue weighted by Crippen LogP contribution is -2.49. The summed E-state index contributed by atoms with van der Waals surface area (Å²) >= 11 is 3.41. The van der Waals surface area contributed by atoms with Crippen molar-refractivity contribution in [2.24, 2.45) is 7.05 Å². The maximum atomic E-state index is 12.5. The minimum atomic E-state index is 0.0950. The van der Waals surface area contributed by atoms with E-state index in [1.54, 1.807) is 12.4 Å². The first-order valence-corrected chi connectivity index (χ1v) is 7.70. The van der Waals surface area contributed by atoms with Crippen molar-refractivity contribution >= 4 is 27.5 Å². The zero-order valence-corrected chi connectivity index (χ0v) is 13.5. The highest BCUT2D eigenvalue weighted by atomic mass is 79.9. The van der Waals surface area contributed by atoms with Crippen molar-refractivity contribution in [1.29, 1.82) is 0 Å².